The highest BCUT2D eigenvalue weighted by atomic mass is 32.1. The van der Waals surface area contributed by atoms with Crippen molar-refractivity contribution >= 4 is 17.2 Å². The summed E-state index contributed by atoms with van der Waals surface area (Å²) in [5.41, 5.74) is 3.31. The summed E-state index contributed by atoms with van der Waals surface area (Å²) in [5, 5.41) is 10.3. The average molecular weight is 501 g/mol. The molecule has 3 heterocycles. The van der Waals surface area contributed by atoms with Crippen molar-refractivity contribution < 1.29 is 18.7 Å². The fraction of sp³-hybridized carbons (Fsp3) is 0.500. The first-order chi connectivity index (χ1) is 17.0. The fourth-order valence-electron chi connectivity index (χ4n) is 4.04. The van der Waals surface area contributed by atoms with Crippen LogP contribution >= 0.6 is 11.3 Å². The third-order valence-corrected chi connectivity index (χ3v) is 6.83. The van der Waals surface area contributed by atoms with Crippen molar-refractivity contribution in [3.63, 3.8) is 0 Å². The molecule has 9 heteroatoms. The number of carbonyl (C=O) groups excluding carboxylic acids is 1. The van der Waals surface area contributed by atoms with Crippen molar-refractivity contribution in [3.8, 4) is 21.8 Å². The Morgan fingerprint density at radius 1 is 1.29 bits per heavy atom. The van der Waals surface area contributed by atoms with Gasteiger partial charge in [-0.05, 0) is 48.9 Å². The summed E-state index contributed by atoms with van der Waals surface area (Å²) in [6.45, 7) is 8.23. The number of nitrogens with zero attached hydrogens (tertiary/aromatic N) is 3. The summed E-state index contributed by atoms with van der Waals surface area (Å²) < 4.78 is 26.6. The smallest absolute Gasteiger partial charge is 0.226 e. The van der Waals surface area contributed by atoms with E-state index in [9.17, 15) is 9.18 Å². The minimum absolute atomic E-state index is 0.0231. The first-order valence-electron chi connectivity index (χ1n) is 12.2. The van der Waals surface area contributed by atoms with Gasteiger partial charge < -0.3 is 14.8 Å². The van der Waals surface area contributed by atoms with Gasteiger partial charge in [0.25, 0.3) is 0 Å². The Hall–Kier alpha value is -2.62. The van der Waals surface area contributed by atoms with E-state index in [2.05, 4.69) is 24.3 Å². The number of amides is 1. The van der Waals surface area contributed by atoms with E-state index in [4.69, 9.17) is 14.5 Å². The van der Waals surface area contributed by atoms with Crippen LogP contribution in [0.1, 0.15) is 32.4 Å². The Kier molecular flexibility index (Phi) is 9.01. The zero-order valence-corrected chi connectivity index (χ0v) is 21.2. The molecule has 0 unspecified atom stereocenters. The van der Waals surface area contributed by atoms with Gasteiger partial charge in [0.15, 0.2) is 0 Å². The Balaban J connectivity index is 1.46. The summed E-state index contributed by atoms with van der Waals surface area (Å²) in [6.07, 6.45) is 4.00. The molecule has 188 valence electrons. The lowest BCUT2D eigenvalue weighted by molar-refractivity contribution is -0.120. The first kappa shape index (κ1) is 25.5. The molecule has 1 aromatic carbocycles. The maximum atomic E-state index is 13.6. The van der Waals surface area contributed by atoms with Crippen molar-refractivity contribution in [1.29, 1.82) is 0 Å². The number of ether oxygens (including phenoxy) is 2. The third-order valence-electron chi connectivity index (χ3n) is 5.91. The van der Waals surface area contributed by atoms with E-state index in [0.717, 1.165) is 53.6 Å². The second-order valence-corrected chi connectivity index (χ2v) is 10.1. The van der Waals surface area contributed by atoms with Crippen LogP contribution in [-0.2, 0) is 27.2 Å². The lowest BCUT2D eigenvalue weighted by Crippen LogP contribution is -2.33. The van der Waals surface area contributed by atoms with Gasteiger partial charge in [-0.1, -0.05) is 13.8 Å². The van der Waals surface area contributed by atoms with Crippen LogP contribution in [0.5, 0.6) is 0 Å². The van der Waals surface area contributed by atoms with Gasteiger partial charge in [-0.25, -0.2) is 9.37 Å². The number of halogens is 1. The molecule has 1 amide bonds. The lowest BCUT2D eigenvalue weighted by atomic mass is 10.0. The van der Waals surface area contributed by atoms with Crippen LogP contribution in [0.15, 0.2) is 35.8 Å². The zero-order valence-electron chi connectivity index (χ0n) is 20.3. The Morgan fingerprint density at radius 2 is 2.06 bits per heavy atom. The molecule has 1 aliphatic heterocycles. The molecule has 1 aliphatic rings. The van der Waals surface area contributed by atoms with Gasteiger partial charge in [0, 0.05) is 37.3 Å². The van der Waals surface area contributed by atoms with E-state index < -0.39 is 0 Å². The van der Waals surface area contributed by atoms with Crippen LogP contribution in [0.4, 0.5) is 4.39 Å². The highest BCUT2D eigenvalue weighted by Gasteiger charge is 2.19. The van der Waals surface area contributed by atoms with Gasteiger partial charge in [-0.15, -0.1) is 11.3 Å². The molecule has 0 spiro atoms. The predicted molar refractivity (Wildman–Crippen MR) is 135 cm³/mol. The second kappa shape index (κ2) is 12.4. The number of aromatic nitrogens is 3. The highest BCUT2D eigenvalue weighted by molar-refractivity contribution is 7.13. The molecule has 0 saturated carbocycles. The summed E-state index contributed by atoms with van der Waals surface area (Å²) >= 11 is 1.48. The van der Waals surface area contributed by atoms with Crippen LogP contribution < -0.4 is 5.32 Å². The number of carbonyl (C=O) groups is 1. The van der Waals surface area contributed by atoms with Crippen LogP contribution in [0, 0.1) is 17.7 Å². The van der Waals surface area contributed by atoms with Gasteiger partial charge in [-0.3, -0.25) is 9.48 Å². The van der Waals surface area contributed by atoms with Gasteiger partial charge in [0.2, 0.25) is 5.91 Å². The average Bonchev–Trinajstić information content (AvgIpc) is 3.48. The Bertz CT molecular complexity index is 1090. The van der Waals surface area contributed by atoms with Crippen molar-refractivity contribution in [2.24, 2.45) is 11.8 Å². The molecule has 3 aromatic rings. The Morgan fingerprint density at radius 3 is 2.80 bits per heavy atom. The van der Waals surface area contributed by atoms with Gasteiger partial charge in [0.05, 0.1) is 42.7 Å². The molecule has 0 bridgehead atoms. The quantitative estimate of drug-likeness (QED) is 0.390. The SMILES string of the molecule is CC(C)COCCn1ncc(-c2nc(CC(=O)NCC3CCOCC3)cs2)c1-c1ccc(F)cc1. The minimum atomic E-state index is -0.287. The molecule has 2 aromatic heterocycles. The maximum Gasteiger partial charge on any atom is 0.226 e. The zero-order chi connectivity index (χ0) is 24.6. The standard InChI is InChI=1S/C26H33FN4O3S/c1-18(2)16-34-12-9-31-25(20-3-5-21(27)6-4-20)23(15-29-31)26-30-22(17-35-26)13-24(32)28-14-19-7-10-33-11-8-19/h3-6,15,17-19H,7-14,16H2,1-2H3,(H,28,32). The Labute approximate surface area is 209 Å². The predicted octanol–water partition coefficient (Wildman–Crippen LogP) is 4.57. The first-order valence-corrected chi connectivity index (χ1v) is 13.1. The minimum Gasteiger partial charge on any atom is -0.381 e. The van der Waals surface area contributed by atoms with E-state index in [1.165, 1.54) is 23.5 Å². The summed E-state index contributed by atoms with van der Waals surface area (Å²) in [5.74, 6) is 0.629. The molecule has 1 N–H and O–H groups in total. The molecule has 4 rings (SSSR count). The van der Waals surface area contributed by atoms with Gasteiger partial charge in [0.1, 0.15) is 10.8 Å². The third kappa shape index (κ3) is 7.19. The molecule has 1 saturated heterocycles. The molecule has 0 radical (unpaired) electrons. The van der Waals surface area contributed by atoms with Crippen molar-refractivity contribution in [3.05, 3.63) is 47.4 Å². The molecule has 0 aliphatic carbocycles. The molecular weight excluding hydrogens is 467 g/mol. The number of hydrogen-bond acceptors (Lipinski definition) is 6. The summed E-state index contributed by atoms with van der Waals surface area (Å²) in [4.78, 5) is 17.2. The van der Waals surface area contributed by atoms with Crippen molar-refractivity contribution in [1.82, 2.24) is 20.1 Å². The number of thiazole rings is 1. The summed E-state index contributed by atoms with van der Waals surface area (Å²) in [7, 11) is 0. The van der Waals surface area contributed by atoms with Crippen molar-refractivity contribution in [2.75, 3.05) is 33.0 Å². The van der Waals surface area contributed by atoms with E-state index in [0.29, 0.717) is 38.1 Å². The molecular formula is C26H33FN4O3S. The van der Waals surface area contributed by atoms with Crippen LogP contribution in [0.3, 0.4) is 0 Å². The van der Waals surface area contributed by atoms with Gasteiger partial charge >= 0.3 is 0 Å². The largest absolute Gasteiger partial charge is 0.381 e. The van der Waals surface area contributed by atoms with E-state index in [-0.39, 0.29) is 18.1 Å². The van der Waals surface area contributed by atoms with Crippen molar-refractivity contribution in [2.45, 2.75) is 39.7 Å². The van der Waals surface area contributed by atoms with E-state index in [1.807, 2.05) is 10.1 Å². The van der Waals surface area contributed by atoms with E-state index in [1.54, 1.807) is 18.3 Å². The topological polar surface area (TPSA) is 78.3 Å². The molecule has 7 nitrogen and oxygen atoms in total. The normalized spacial score (nSPS) is 14.5. The number of rotatable bonds is 11. The number of nitrogens with one attached hydrogen (secondary N) is 1. The lowest BCUT2D eigenvalue weighted by Gasteiger charge is -2.22. The maximum absolute atomic E-state index is 13.6. The van der Waals surface area contributed by atoms with Gasteiger partial charge in [-0.2, -0.15) is 5.10 Å². The molecule has 35 heavy (non-hydrogen) atoms. The fourth-order valence-corrected chi connectivity index (χ4v) is 4.87. The van der Waals surface area contributed by atoms with Crippen LogP contribution in [-0.4, -0.2) is 53.6 Å². The number of benzene rings is 1. The van der Waals surface area contributed by atoms with Crippen LogP contribution in [0.25, 0.3) is 21.8 Å². The highest BCUT2D eigenvalue weighted by Crippen LogP contribution is 2.34. The van der Waals surface area contributed by atoms with Crippen LogP contribution in [0.2, 0.25) is 0 Å². The second-order valence-electron chi connectivity index (χ2n) is 9.29. The summed E-state index contributed by atoms with van der Waals surface area (Å²) in [6, 6.07) is 6.39. The number of hydrogen-bond donors (Lipinski definition) is 1. The van der Waals surface area contributed by atoms with E-state index >= 15 is 0 Å². The molecule has 0 atom stereocenters. The molecule has 1 fully saturated rings. The monoisotopic (exact) mass is 500 g/mol.